The van der Waals surface area contributed by atoms with Gasteiger partial charge in [-0.05, 0) is 19.3 Å². The van der Waals surface area contributed by atoms with Gasteiger partial charge < -0.3 is 15.5 Å². The molecule has 0 heterocycles. The number of rotatable bonds is 24. The molecule has 1 amide bonds. The van der Waals surface area contributed by atoms with Crippen LogP contribution >= 0.6 is 0 Å². The van der Waals surface area contributed by atoms with Crippen molar-refractivity contribution >= 4 is 5.91 Å². The van der Waals surface area contributed by atoms with Gasteiger partial charge in [0.25, 0.3) is 0 Å². The van der Waals surface area contributed by atoms with Crippen molar-refractivity contribution in [3.05, 3.63) is 0 Å². The normalized spacial score (nSPS) is 13.3. The summed E-state index contributed by atoms with van der Waals surface area (Å²) in [5.74, 6) is 0.0985. The van der Waals surface area contributed by atoms with E-state index < -0.39 is 6.10 Å². The van der Waals surface area contributed by atoms with Gasteiger partial charge in [0, 0.05) is 12.5 Å². The molecule has 31 heavy (non-hydrogen) atoms. The number of unbranched alkanes of at least 4 members (excludes halogenated alkanes) is 16. The summed E-state index contributed by atoms with van der Waals surface area (Å²) in [7, 11) is 0. The Bertz CT molecular complexity index is 375. The van der Waals surface area contributed by atoms with Crippen molar-refractivity contribution in [3.63, 3.8) is 0 Å². The van der Waals surface area contributed by atoms with Crippen molar-refractivity contribution in [3.8, 4) is 0 Å². The maximum atomic E-state index is 12.2. The van der Waals surface area contributed by atoms with E-state index in [2.05, 4.69) is 19.2 Å². The summed E-state index contributed by atoms with van der Waals surface area (Å²) in [5, 5.41) is 22.1. The van der Waals surface area contributed by atoms with Crippen LogP contribution in [0.1, 0.15) is 149 Å². The number of hydrogen-bond donors (Lipinski definition) is 3. The van der Waals surface area contributed by atoms with Crippen molar-refractivity contribution < 1.29 is 15.0 Å². The van der Waals surface area contributed by atoms with Crippen LogP contribution in [0.3, 0.4) is 0 Å². The van der Waals surface area contributed by atoms with Crippen LogP contribution in [0.2, 0.25) is 0 Å². The van der Waals surface area contributed by atoms with E-state index in [1.54, 1.807) is 0 Å². The third kappa shape index (κ3) is 22.4. The van der Waals surface area contributed by atoms with Crippen LogP contribution in [-0.4, -0.2) is 34.9 Å². The summed E-state index contributed by atoms with van der Waals surface area (Å²) in [6.45, 7) is 4.23. The molecule has 0 rings (SSSR count). The predicted molar refractivity (Wildman–Crippen MR) is 133 cm³/mol. The van der Waals surface area contributed by atoms with E-state index in [-0.39, 0.29) is 18.6 Å². The van der Waals surface area contributed by atoms with Crippen molar-refractivity contribution in [2.24, 2.45) is 0 Å². The zero-order valence-electron chi connectivity index (χ0n) is 21.0. The Hall–Kier alpha value is -0.610. The third-order valence-electron chi connectivity index (χ3n) is 6.30. The average molecular weight is 442 g/mol. The van der Waals surface area contributed by atoms with Crippen molar-refractivity contribution in [1.82, 2.24) is 5.32 Å². The average Bonchev–Trinajstić information content (AvgIpc) is 2.76. The molecule has 0 fully saturated rings. The number of hydrogen-bond acceptors (Lipinski definition) is 3. The van der Waals surface area contributed by atoms with Crippen LogP contribution < -0.4 is 5.32 Å². The summed E-state index contributed by atoms with van der Waals surface area (Å²) in [5.41, 5.74) is 0. The second-order valence-electron chi connectivity index (χ2n) is 9.53. The summed E-state index contributed by atoms with van der Waals surface area (Å²) in [6.07, 6.45) is 24.2. The zero-order chi connectivity index (χ0) is 23.0. The lowest BCUT2D eigenvalue weighted by atomic mass is 10.00. The molecule has 0 aromatic carbocycles. The lowest BCUT2D eigenvalue weighted by molar-refractivity contribution is -0.122. The fraction of sp³-hybridized carbons (Fsp3) is 0.963. The summed E-state index contributed by atoms with van der Waals surface area (Å²) in [6, 6.07) is -0.0157. The van der Waals surface area contributed by atoms with Crippen LogP contribution in [0.5, 0.6) is 0 Å². The first-order chi connectivity index (χ1) is 15.1. The van der Waals surface area contributed by atoms with E-state index in [0.717, 1.165) is 25.7 Å². The van der Waals surface area contributed by atoms with E-state index in [1.807, 2.05) is 0 Å². The molecule has 4 nitrogen and oxygen atoms in total. The smallest absolute Gasteiger partial charge is 0.220 e. The Kier molecular flexibility index (Phi) is 23.6. The second kappa shape index (κ2) is 24.0. The molecule has 0 aliphatic carbocycles. The monoisotopic (exact) mass is 441 g/mol. The molecule has 4 heteroatoms. The molecule has 0 aliphatic rings. The van der Waals surface area contributed by atoms with Crippen LogP contribution in [0.4, 0.5) is 0 Å². The lowest BCUT2D eigenvalue weighted by Gasteiger charge is -2.21. The highest BCUT2D eigenvalue weighted by molar-refractivity contribution is 5.76. The molecule has 0 saturated heterocycles. The molecule has 3 N–H and O–H groups in total. The first kappa shape index (κ1) is 30.4. The Morgan fingerprint density at radius 3 is 1.55 bits per heavy atom. The minimum Gasteiger partial charge on any atom is -0.394 e. The molecule has 2 atom stereocenters. The second-order valence-corrected chi connectivity index (χ2v) is 9.53. The van der Waals surface area contributed by atoms with Gasteiger partial charge >= 0.3 is 0 Å². The first-order valence-electron chi connectivity index (χ1n) is 13.7. The highest BCUT2D eigenvalue weighted by Crippen LogP contribution is 2.15. The van der Waals surface area contributed by atoms with E-state index in [0.29, 0.717) is 12.8 Å². The van der Waals surface area contributed by atoms with Crippen molar-refractivity contribution in [1.29, 1.82) is 0 Å². The fourth-order valence-electron chi connectivity index (χ4n) is 4.25. The first-order valence-corrected chi connectivity index (χ1v) is 13.7. The third-order valence-corrected chi connectivity index (χ3v) is 6.30. The molecule has 186 valence electrons. The van der Waals surface area contributed by atoms with Crippen molar-refractivity contribution in [2.45, 2.75) is 161 Å². The molecule has 0 aromatic rings. The summed E-state index contributed by atoms with van der Waals surface area (Å²) < 4.78 is 0. The fourth-order valence-corrected chi connectivity index (χ4v) is 4.25. The van der Waals surface area contributed by atoms with Gasteiger partial charge in [-0.1, -0.05) is 123 Å². The molecular formula is C27H55NO3. The number of carbonyl (C=O) groups excluding carboxylic acids is 1. The molecule has 0 spiro atoms. The number of aliphatic hydroxyl groups is 2. The highest BCUT2D eigenvalue weighted by Gasteiger charge is 2.16. The minimum atomic E-state index is -0.739. The number of nitrogens with one attached hydrogen (secondary N) is 1. The van der Waals surface area contributed by atoms with Gasteiger partial charge in [0.15, 0.2) is 0 Å². The predicted octanol–water partition coefficient (Wildman–Crippen LogP) is 7.06. The topological polar surface area (TPSA) is 69.6 Å². The van der Waals surface area contributed by atoms with Gasteiger partial charge in [-0.25, -0.2) is 0 Å². The molecular weight excluding hydrogens is 386 g/mol. The van der Waals surface area contributed by atoms with E-state index in [1.165, 1.54) is 96.3 Å². The van der Waals surface area contributed by atoms with Gasteiger partial charge in [-0.15, -0.1) is 0 Å². The minimum absolute atomic E-state index is 0.0157. The van der Waals surface area contributed by atoms with Crippen LogP contribution in [-0.2, 0) is 4.79 Å². The molecule has 0 aliphatic heterocycles. The van der Waals surface area contributed by atoms with Gasteiger partial charge in [0.05, 0.1) is 12.7 Å². The maximum absolute atomic E-state index is 12.2. The van der Waals surface area contributed by atoms with Crippen LogP contribution in [0.25, 0.3) is 0 Å². The standard InChI is InChI=1S/C27H55NO3/c1-3-5-7-9-10-11-12-13-14-15-16-18-19-21-25(23-26(30)24-29)28-27(31)22-20-17-8-6-4-2/h25-26,29-30H,3-24H2,1-2H3,(H,28,31). The lowest BCUT2D eigenvalue weighted by Crippen LogP contribution is -2.38. The Morgan fingerprint density at radius 2 is 1.10 bits per heavy atom. The van der Waals surface area contributed by atoms with E-state index in [4.69, 9.17) is 5.11 Å². The van der Waals surface area contributed by atoms with Crippen molar-refractivity contribution in [2.75, 3.05) is 6.61 Å². The summed E-state index contributed by atoms with van der Waals surface area (Å²) >= 11 is 0. The number of aliphatic hydroxyl groups excluding tert-OH is 2. The molecule has 0 saturated carbocycles. The SMILES string of the molecule is CCCCCCCCCCCCCCCC(CC(O)CO)NC(=O)CCCCCCC. The molecule has 2 unspecified atom stereocenters. The summed E-state index contributed by atoms with van der Waals surface area (Å²) in [4.78, 5) is 12.2. The highest BCUT2D eigenvalue weighted by atomic mass is 16.3. The van der Waals surface area contributed by atoms with Crippen LogP contribution in [0.15, 0.2) is 0 Å². The van der Waals surface area contributed by atoms with Gasteiger partial charge in [0.2, 0.25) is 5.91 Å². The van der Waals surface area contributed by atoms with E-state index in [9.17, 15) is 9.90 Å². The maximum Gasteiger partial charge on any atom is 0.220 e. The quantitative estimate of drug-likeness (QED) is 0.140. The molecule has 0 aromatic heterocycles. The molecule has 0 radical (unpaired) electrons. The Labute approximate surface area is 194 Å². The van der Waals surface area contributed by atoms with E-state index >= 15 is 0 Å². The number of amides is 1. The largest absolute Gasteiger partial charge is 0.394 e. The zero-order valence-corrected chi connectivity index (χ0v) is 21.0. The van der Waals surface area contributed by atoms with Crippen LogP contribution in [0, 0.1) is 0 Å². The van der Waals surface area contributed by atoms with Gasteiger partial charge in [-0.3, -0.25) is 4.79 Å². The Balaban J connectivity index is 3.77. The number of carbonyl (C=O) groups is 1. The van der Waals surface area contributed by atoms with Gasteiger partial charge in [0.1, 0.15) is 0 Å². The van der Waals surface area contributed by atoms with Gasteiger partial charge in [-0.2, -0.15) is 0 Å². The Morgan fingerprint density at radius 1 is 0.677 bits per heavy atom. The molecule has 0 bridgehead atoms.